The van der Waals surface area contributed by atoms with Gasteiger partial charge in [0.05, 0.1) is 0 Å². The van der Waals surface area contributed by atoms with Crippen molar-refractivity contribution in [2.75, 3.05) is 13.4 Å². The topological polar surface area (TPSA) is 44.8 Å². The molecule has 0 N–H and O–H groups in total. The number of hydrogen-bond donors (Lipinski definition) is 0. The van der Waals surface area contributed by atoms with E-state index in [1.165, 1.54) is 12.1 Å². The molecule has 0 atom stereocenters. The fourth-order valence-corrected chi connectivity index (χ4v) is 1.86. The molecule has 4 nitrogen and oxygen atoms in total. The highest BCUT2D eigenvalue weighted by molar-refractivity contribution is 5.97. The lowest BCUT2D eigenvalue weighted by atomic mass is 10.1. The van der Waals surface area contributed by atoms with Gasteiger partial charge < -0.3 is 14.2 Å². The predicted molar refractivity (Wildman–Crippen MR) is 68.8 cm³/mol. The molecule has 1 aliphatic heterocycles. The van der Waals surface area contributed by atoms with Gasteiger partial charge in [0.15, 0.2) is 35.5 Å². The van der Waals surface area contributed by atoms with Crippen LogP contribution in [0.5, 0.6) is 17.2 Å². The summed E-state index contributed by atoms with van der Waals surface area (Å²) in [6.45, 7) is -0.0840. The second-order valence-electron chi connectivity index (χ2n) is 4.21. The summed E-state index contributed by atoms with van der Waals surface area (Å²) >= 11 is 0. The Morgan fingerprint density at radius 2 is 1.95 bits per heavy atom. The summed E-state index contributed by atoms with van der Waals surface area (Å²) in [7, 11) is 0. The number of Topliss-reactive ketones (excluding diaryl/α,β-unsaturated/α-hetero) is 1. The Hall–Kier alpha value is -2.56. The van der Waals surface area contributed by atoms with Crippen LogP contribution in [0.25, 0.3) is 0 Å². The Morgan fingerprint density at radius 1 is 1.15 bits per heavy atom. The van der Waals surface area contributed by atoms with Gasteiger partial charge in [0.2, 0.25) is 6.79 Å². The second kappa shape index (κ2) is 5.21. The summed E-state index contributed by atoms with van der Waals surface area (Å²) in [5.41, 5.74) is 0.436. The summed E-state index contributed by atoms with van der Waals surface area (Å²) in [6.07, 6.45) is 0. The molecule has 1 heterocycles. The minimum Gasteiger partial charge on any atom is -0.482 e. The fourth-order valence-electron chi connectivity index (χ4n) is 1.86. The van der Waals surface area contributed by atoms with E-state index >= 15 is 0 Å². The maximum Gasteiger partial charge on any atom is 0.231 e. The Bertz CT molecular complexity index is 654. The number of carbonyl (C=O) groups is 1. The van der Waals surface area contributed by atoms with Crippen LogP contribution in [-0.4, -0.2) is 19.2 Å². The Kier molecular flexibility index (Phi) is 3.25. The van der Waals surface area contributed by atoms with Gasteiger partial charge in [0.25, 0.3) is 0 Å². The molecule has 1 aliphatic rings. The zero-order valence-corrected chi connectivity index (χ0v) is 10.5. The lowest BCUT2D eigenvalue weighted by Crippen LogP contribution is -2.12. The average molecular weight is 274 g/mol. The zero-order chi connectivity index (χ0) is 13.9. The van der Waals surface area contributed by atoms with Crippen molar-refractivity contribution in [3.05, 3.63) is 53.8 Å². The summed E-state index contributed by atoms with van der Waals surface area (Å²) in [6, 6.07) is 10.8. The molecule has 5 heteroatoms. The minimum atomic E-state index is -0.494. The van der Waals surface area contributed by atoms with Gasteiger partial charge in [0.1, 0.15) is 0 Å². The molecule has 0 unspecified atom stereocenters. The van der Waals surface area contributed by atoms with Crippen LogP contribution in [0.15, 0.2) is 42.5 Å². The average Bonchev–Trinajstić information content (AvgIpc) is 2.93. The third kappa shape index (κ3) is 2.42. The summed E-state index contributed by atoms with van der Waals surface area (Å²) in [5, 5.41) is 0. The van der Waals surface area contributed by atoms with Crippen molar-refractivity contribution in [3.63, 3.8) is 0 Å². The van der Waals surface area contributed by atoms with Crippen LogP contribution in [0.3, 0.4) is 0 Å². The first-order valence-corrected chi connectivity index (χ1v) is 6.04. The minimum absolute atomic E-state index is 0.0570. The molecule has 102 valence electrons. The van der Waals surface area contributed by atoms with Crippen molar-refractivity contribution in [1.29, 1.82) is 0 Å². The van der Waals surface area contributed by atoms with Gasteiger partial charge in [-0.25, -0.2) is 4.39 Å². The predicted octanol–water partition coefficient (Wildman–Crippen LogP) is 2.82. The number of ether oxygens (including phenoxy) is 3. The van der Waals surface area contributed by atoms with Gasteiger partial charge in [0, 0.05) is 5.56 Å². The number of benzene rings is 2. The fraction of sp³-hybridized carbons (Fsp3) is 0.133. The van der Waals surface area contributed by atoms with E-state index in [2.05, 4.69) is 0 Å². The van der Waals surface area contributed by atoms with Crippen LogP contribution in [0.4, 0.5) is 4.39 Å². The summed E-state index contributed by atoms with van der Waals surface area (Å²) < 4.78 is 28.9. The smallest absolute Gasteiger partial charge is 0.231 e. The lowest BCUT2D eigenvalue weighted by Gasteiger charge is -2.06. The van der Waals surface area contributed by atoms with Crippen LogP contribution in [-0.2, 0) is 0 Å². The third-order valence-corrected chi connectivity index (χ3v) is 2.89. The van der Waals surface area contributed by atoms with Crippen LogP contribution in [0, 0.1) is 5.82 Å². The second-order valence-corrected chi connectivity index (χ2v) is 4.21. The first-order chi connectivity index (χ1) is 9.74. The van der Waals surface area contributed by atoms with Gasteiger partial charge >= 0.3 is 0 Å². The Labute approximate surface area is 114 Å². The van der Waals surface area contributed by atoms with Crippen molar-refractivity contribution >= 4 is 5.78 Å². The molecule has 0 saturated heterocycles. The number of hydrogen-bond acceptors (Lipinski definition) is 4. The van der Waals surface area contributed by atoms with Gasteiger partial charge in [-0.05, 0) is 30.3 Å². The van der Waals surface area contributed by atoms with Crippen molar-refractivity contribution in [3.8, 4) is 17.2 Å². The van der Waals surface area contributed by atoms with E-state index < -0.39 is 5.82 Å². The molecule has 0 aliphatic carbocycles. The van der Waals surface area contributed by atoms with Crippen molar-refractivity contribution < 1.29 is 23.4 Å². The third-order valence-electron chi connectivity index (χ3n) is 2.89. The lowest BCUT2D eigenvalue weighted by molar-refractivity contribution is 0.0918. The standard InChI is InChI=1S/C15H11FO4/c16-11-3-1-2-4-13(11)18-8-12(17)10-5-6-14-15(7-10)20-9-19-14/h1-7H,8-9H2. The van der Waals surface area contributed by atoms with E-state index in [1.807, 2.05) is 0 Å². The first-order valence-electron chi connectivity index (χ1n) is 6.04. The highest BCUT2D eigenvalue weighted by Crippen LogP contribution is 2.32. The number of carbonyl (C=O) groups excluding carboxylic acids is 1. The van der Waals surface area contributed by atoms with Crippen LogP contribution < -0.4 is 14.2 Å². The Morgan fingerprint density at radius 3 is 2.80 bits per heavy atom. The maximum atomic E-state index is 13.3. The van der Waals surface area contributed by atoms with E-state index in [-0.39, 0.29) is 24.9 Å². The van der Waals surface area contributed by atoms with Crippen molar-refractivity contribution in [1.82, 2.24) is 0 Å². The summed E-state index contributed by atoms with van der Waals surface area (Å²) in [5.74, 6) is 0.442. The molecular weight excluding hydrogens is 263 g/mol. The molecule has 20 heavy (non-hydrogen) atoms. The van der Waals surface area contributed by atoms with E-state index in [9.17, 15) is 9.18 Å². The van der Waals surface area contributed by atoms with Gasteiger partial charge in [-0.1, -0.05) is 12.1 Å². The molecule has 0 fully saturated rings. The number of halogens is 1. The molecule has 0 saturated carbocycles. The summed E-state index contributed by atoms with van der Waals surface area (Å²) in [4.78, 5) is 12.0. The first kappa shape index (κ1) is 12.5. The van der Waals surface area contributed by atoms with Gasteiger partial charge in [-0.15, -0.1) is 0 Å². The van der Waals surface area contributed by atoms with Crippen LogP contribution in [0.1, 0.15) is 10.4 Å². The molecule has 0 spiro atoms. The highest BCUT2D eigenvalue weighted by Gasteiger charge is 2.16. The number of rotatable bonds is 4. The normalized spacial score (nSPS) is 12.2. The van der Waals surface area contributed by atoms with E-state index in [0.29, 0.717) is 17.1 Å². The molecule has 0 aromatic heterocycles. The van der Waals surface area contributed by atoms with Gasteiger partial charge in [-0.3, -0.25) is 4.79 Å². The maximum absolute atomic E-state index is 13.3. The van der Waals surface area contributed by atoms with E-state index in [1.54, 1.807) is 30.3 Å². The van der Waals surface area contributed by atoms with Crippen molar-refractivity contribution in [2.45, 2.75) is 0 Å². The zero-order valence-electron chi connectivity index (χ0n) is 10.5. The SMILES string of the molecule is O=C(COc1ccccc1F)c1ccc2c(c1)OCO2. The molecular formula is C15H11FO4. The van der Waals surface area contributed by atoms with Gasteiger partial charge in [-0.2, -0.15) is 0 Å². The number of para-hydroxylation sites is 1. The molecule has 3 rings (SSSR count). The molecule has 2 aromatic carbocycles. The monoisotopic (exact) mass is 274 g/mol. The molecule has 0 bridgehead atoms. The largest absolute Gasteiger partial charge is 0.482 e. The molecule has 0 radical (unpaired) electrons. The number of ketones is 1. The van der Waals surface area contributed by atoms with E-state index in [4.69, 9.17) is 14.2 Å². The molecule has 0 amide bonds. The Balaban J connectivity index is 1.69. The van der Waals surface area contributed by atoms with Crippen LogP contribution >= 0.6 is 0 Å². The highest BCUT2D eigenvalue weighted by atomic mass is 19.1. The molecule has 2 aromatic rings. The van der Waals surface area contributed by atoms with Crippen LogP contribution in [0.2, 0.25) is 0 Å². The number of fused-ring (bicyclic) bond motifs is 1. The van der Waals surface area contributed by atoms with E-state index in [0.717, 1.165) is 0 Å². The van der Waals surface area contributed by atoms with Crippen molar-refractivity contribution in [2.24, 2.45) is 0 Å². The quantitative estimate of drug-likeness (QED) is 0.804.